The van der Waals surface area contributed by atoms with E-state index in [0.717, 1.165) is 24.3 Å². The molecule has 3 heteroatoms. The molecule has 1 atom stereocenters. The number of esters is 1. The lowest BCUT2D eigenvalue weighted by molar-refractivity contribution is -0.143. The zero-order valence-corrected chi connectivity index (χ0v) is 9.02. The third-order valence-electron chi connectivity index (χ3n) is 1.58. The van der Waals surface area contributed by atoms with E-state index in [2.05, 4.69) is 10.7 Å². The molecular formula is C10H16O2S. The van der Waals surface area contributed by atoms with Gasteiger partial charge in [0.1, 0.15) is 0 Å². The third kappa shape index (κ3) is 6.53. The summed E-state index contributed by atoms with van der Waals surface area (Å²) >= 11 is 1.75. The molecule has 0 aromatic carbocycles. The highest BCUT2D eigenvalue weighted by Crippen LogP contribution is 2.11. The Hall–Kier alpha value is -0.620. The van der Waals surface area contributed by atoms with Crippen LogP contribution >= 0.6 is 11.8 Å². The molecule has 0 rings (SSSR count). The first-order chi connectivity index (χ1) is 6.22. The fourth-order valence-corrected chi connectivity index (χ4v) is 1.81. The van der Waals surface area contributed by atoms with Crippen molar-refractivity contribution in [1.82, 2.24) is 0 Å². The number of hydrogen-bond donors (Lipinski definition) is 0. The van der Waals surface area contributed by atoms with Crippen LogP contribution in [0.15, 0.2) is 0 Å². The number of thioether (sulfide) groups is 1. The Kier molecular flexibility index (Phi) is 7.62. The quantitative estimate of drug-likeness (QED) is 0.372. The molecule has 0 aliphatic rings. The number of terminal acetylenes is 1. The van der Waals surface area contributed by atoms with E-state index in [-0.39, 0.29) is 11.9 Å². The third-order valence-corrected chi connectivity index (χ3v) is 2.89. The molecule has 0 amide bonds. The fraction of sp³-hybridized carbons (Fsp3) is 0.700. The number of unbranched alkanes of at least 4 members (excludes halogenated alkanes) is 1. The predicted octanol–water partition coefficient (Wildman–Crippen LogP) is 1.94. The smallest absolute Gasteiger partial charge is 0.309 e. The van der Waals surface area contributed by atoms with Crippen LogP contribution in [0.3, 0.4) is 0 Å². The molecule has 0 spiro atoms. The van der Waals surface area contributed by atoms with Gasteiger partial charge in [-0.3, -0.25) is 4.79 Å². The van der Waals surface area contributed by atoms with Crippen LogP contribution in [0, 0.1) is 18.3 Å². The largest absolute Gasteiger partial charge is 0.469 e. The molecule has 0 aliphatic heterocycles. The van der Waals surface area contributed by atoms with Crippen molar-refractivity contribution in [3.05, 3.63) is 0 Å². The van der Waals surface area contributed by atoms with Crippen molar-refractivity contribution in [2.24, 2.45) is 5.92 Å². The van der Waals surface area contributed by atoms with Crippen LogP contribution < -0.4 is 0 Å². The van der Waals surface area contributed by atoms with Crippen LogP contribution in [-0.2, 0) is 9.53 Å². The molecule has 0 fully saturated rings. The van der Waals surface area contributed by atoms with Crippen LogP contribution in [0.4, 0.5) is 0 Å². The van der Waals surface area contributed by atoms with Crippen molar-refractivity contribution in [2.45, 2.75) is 19.8 Å². The Labute approximate surface area is 84.4 Å². The van der Waals surface area contributed by atoms with E-state index in [9.17, 15) is 4.79 Å². The zero-order chi connectivity index (χ0) is 10.1. The van der Waals surface area contributed by atoms with Gasteiger partial charge < -0.3 is 4.74 Å². The van der Waals surface area contributed by atoms with Gasteiger partial charge in [-0.15, -0.1) is 12.3 Å². The Morgan fingerprint density at radius 2 is 2.38 bits per heavy atom. The van der Waals surface area contributed by atoms with Gasteiger partial charge in [-0.1, -0.05) is 6.92 Å². The first-order valence-electron chi connectivity index (χ1n) is 4.31. The highest BCUT2D eigenvalue weighted by Gasteiger charge is 2.11. The van der Waals surface area contributed by atoms with Crippen molar-refractivity contribution in [1.29, 1.82) is 0 Å². The summed E-state index contributed by atoms with van der Waals surface area (Å²) in [7, 11) is 1.42. The average molecular weight is 200 g/mol. The molecule has 74 valence electrons. The minimum atomic E-state index is -0.135. The normalized spacial score (nSPS) is 11.8. The molecule has 0 aliphatic carbocycles. The molecule has 0 aromatic rings. The summed E-state index contributed by atoms with van der Waals surface area (Å²) in [6.45, 7) is 1.88. The molecule has 0 saturated heterocycles. The van der Waals surface area contributed by atoms with Gasteiger partial charge in [0.05, 0.1) is 13.0 Å². The number of carbonyl (C=O) groups is 1. The van der Waals surface area contributed by atoms with Gasteiger partial charge in [-0.2, -0.15) is 11.8 Å². The second-order valence-corrected chi connectivity index (χ2v) is 3.96. The number of ether oxygens (including phenoxy) is 1. The zero-order valence-electron chi connectivity index (χ0n) is 8.21. The van der Waals surface area contributed by atoms with E-state index in [1.54, 1.807) is 11.8 Å². The number of hydrogen-bond acceptors (Lipinski definition) is 3. The Morgan fingerprint density at radius 1 is 1.69 bits per heavy atom. The lowest BCUT2D eigenvalue weighted by atomic mass is 10.2. The molecule has 0 N–H and O–H groups in total. The van der Waals surface area contributed by atoms with Crippen LogP contribution in [0.2, 0.25) is 0 Å². The molecule has 13 heavy (non-hydrogen) atoms. The van der Waals surface area contributed by atoms with E-state index >= 15 is 0 Å². The van der Waals surface area contributed by atoms with Crippen LogP contribution in [-0.4, -0.2) is 24.6 Å². The van der Waals surface area contributed by atoms with Gasteiger partial charge in [0.25, 0.3) is 0 Å². The topological polar surface area (TPSA) is 26.3 Å². The maximum atomic E-state index is 11.0. The molecular weight excluding hydrogens is 184 g/mol. The summed E-state index contributed by atoms with van der Waals surface area (Å²) in [5, 5.41) is 0. The Bertz CT molecular complexity index is 184. The fourth-order valence-electron chi connectivity index (χ4n) is 0.806. The number of methoxy groups -OCH3 is 1. The van der Waals surface area contributed by atoms with Gasteiger partial charge in [-0.05, 0) is 12.2 Å². The molecule has 2 nitrogen and oxygen atoms in total. The number of rotatable bonds is 6. The summed E-state index contributed by atoms with van der Waals surface area (Å²) in [5.41, 5.74) is 0. The van der Waals surface area contributed by atoms with Crippen molar-refractivity contribution >= 4 is 17.7 Å². The molecule has 0 saturated carbocycles. The van der Waals surface area contributed by atoms with Crippen molar-refractivity contribution in [2.75, 3.05) is 18.6 Å². The molecule has 0 radical (unpaired) electrons. The second-order valence-electron chi connectivity index (χ2n) is 2.81. The molecule has 1 unspecified atom stereocenters. The summed E-state index contributed by atoms with van der Waals surface area (Å²) in [5.74, 6) is 4.27. The first-order valence-corrected chi connectivity index (χ1v) is 5.47. The summed E-state index contributed by atoms with van der Waals surface area (Å²) in [4.78, 5) is 11.0. The SMILES string of the molecule is C#CCCCSCC(C)C(=O)OC. The highest BCUT2D eigenvalue weighted by molar-refractivity contribution is 7.99. The molecule has 0 aromatic heterocycles. The monoisotopic (exact) mass is 200 g/mol. The lowest BCUT2D eigenvalue weighted by Crippen LogP contribution is -2.14. The van der Waals surface area contributed by atoms with E-state index < -0.39 is 0 Å². The number of carbonyl (C=O) groups excluding carboxylic acids is 1. The van der Waals surface area contributed by atoms with Crippen molar-refractivity contribution in [3.8, 4) is 12.3 Å². The van der Waals surface area contributed by atoms with E-state index in [1.165, 1.54) is 7.11 Å². The van der Waals surface area contributed by atoms with E-state index in [0.29, 0.717) is 0 Å². The van der Waals surface area contributed by atoms with E-state index in [1.807, 2.05) is 6.92 Å². The predicted molar refractivity (Wildman–Crippen MR) is 56.6 cm³/mol. The Morgan fingerprint density at radius 3 is 2.92 bits per heavy atom. The molecule has 0 heterocycles. The standard InChI is InChI=1S/C10H16O2S/c1-4-5-6-7-13-8-9(2)10(11)12-3/h1,9H,5-8H2,2-3H3. The lowest BCUT2D eigenvalue weighted by Gasteiger charge is -2.07. The maximum absolute atomic E-state index is 11.0. The summed E-state index contributed by atoms with van der Waals surface area (Å²) in [6.07, 6.45) is 6.95. The minimum Gasteiger partial charge on any atom is -0.469 e. The summed E-state index contributed by atoms with van der Waals surface area (Å²) in [6, 6.07) is 0. The second kappa shape index (κ2) is 8.00. The first kappa shape index (κ1) is 12.4. The maximum Gasteiger partial charge on any atom is 0.309 e. The van der Waals surface area contributed by atoms with Crippen LogP contribution in [0.5, 0.6) is 0 Å². The van der Waals surface area contributed by atoms with Gasteiger partial charge in [0.15, 0.2) is 0 Å². The van der Waals surface area contributed by atoms with E-state index in [4.69, 9.17) is 6.42 Å². The van der Waals surface area contributed by atoms with Crippen molar-refractivity contribution < 1.29 is 9.53 Å². The van der Waals surface area contributed by atoms with Gasteiger partial charge >= 0.3 is 5.97 Å². The summed E-state index contributed by atoms with van der Waals surface area (Å²) < 4.78 is 4.61. The average Bonchev–Trinajstić information content (AvgIpc) is 2.16. The molecule has 0 bridgehead atoms. The highest BCUT2D eigenvalue weighted by atomic mass is 32.2. The Balaban J connectivity index is 3.32. The van der Waals surface area contributed by atoms with Gasteiger partial charge in [0.2, 0.25) is 0 Å². The van der Waals surface area contributed by atoms with Gasteiger partial charge in [0, 0.05) is 12.2 Å². The van der Waals surface area contributed by atoms with Gasteiger partial charge in [-0.25, -0.2) is 0 Å². The minimum absolute atomic E-state index is 0.0131. The van der Waals surface area contributed by atoms with Crippen LogP contribution in [0.25, 0.3) is 0 Å². The van der Waals surface area contributed by atoms with Crippen LogP contribution in [0.1, 0.15) is 19.8 Å². The van der Waals surface area contributed by atoms with Crippen molar-refractivity contribution in [3.63, 3.8) is 0 Å².